The molecule has 1 aromatic carbocycles. The number of rotatable bonds is 4. The highest BCUT2D eigenvalue weighted by Gasteiger charge is 2.10. The highest BCUT2D eigenvalue weighted by atomic mass is 35.5. The summed E-state index contributed by atoms with van der Waals surface area (Å²) >= 11 is 5.55. The highest BCUT2D eigenvalue weighted by molar-refractivity contribution is 6.82. The fourth-order valence-electron chi connectivity index (χ4n) is 1.06. The number of carbonyl (C=O) groups excluding carboxylic acids is 2. The molecular weight excluding hydrogens is 244 g/mol. The van der Waals surface area contributed by atoms with Crippen molar-refractivity contribution in [3.63, 3.8) is 0 Å². The van der Waals surface area contributed by atoms with Crippen LogP contribution in [0.4, 0.5) is 5.69 Å². The van der Waals surface area contributed by atoms with Crippen molar-refractivity contribution in [2.24, 2.45) is 5.10 Å². The van der Waals surface area contributed by atoms with E-state index >= 15 is 0 Å². The molecule has 1 N–H and O–H groups in total. The molecule has 0 bridgehead atoms. The summed E-state index contributed by atoms with van der Waals surface area (Å²) in [6.45, 7) is 1.29. The van der Waals surface area contributed by atoms with Crippen molar-refractivity contribution < 1.29 is 14.3 Å². The third-order valence-corrected chi connectivity index (χ3v) is 2.25. The first-order valence-electron chi connectivity index (χ1n) is 4.73. The standard InChI is InChI=1S/C11H11ClN2O3/c1-7(15)10(12)14-13-9-6-4-3-5-8(9)11(16)17-2/h3-6,13H,1-2H3. The summed E-state index contributed by atoms with van der Waals surface area (Å²) in [4.78, 5) is 22.2. The van der Waals surface area contributed by atoms with Crippen LogP contribution in [0.2, 0.25) is 0 Å². The van der Waals surface area contributed by atoms with Crippen LogP contribution in [-0.4, -0.2) is 24.0 Å². The molecule has 0 fully saturated rings. The zero-order chi connectivity index (χ0) is 12.8. The lowest BCUT2D eigenvalue weighted by Gasteiger charge is -2.06. The molecule has 1 rings (SSSR count). The number of hydrogen-bond acceptors (Lipinski definition) is 5. The number of para-hydroxylation sites is 1. The Morgan fingerprint density at radius 1 is 1.35 bits per heavy atom. The number of hydrazone groups is 1. The van der Waals surface area contributed by atoms with Crippen LogP contribution in [-0.2, 0) is 9.53 Å². The third-order valence-electron chi connectivity index (χ3n) is 1.90. The maximum atomic E-state index is 11.4. The molecule has 0 aromatic heterocycles. The van der Waals surface area contributed by atoms with Gasteiger partial charge in [-0.05, 0) is 12.1 Å². The monoisotopic (exact) mass is 254 g/mol. The van der Waals surface area contributed by atoms with Crippen LogP contribution in [0.5, 0.6) is 0 Å². The van der Waals surface area contributed by atoms with E-state index in [0.717, 1.165) is 0 Å². The number of benzene rings is 1. The maximum Gasteiger partial charge on any atom is 0.340 e. The van der Waals surface area contributed by atoms with Crippen LogP contribution in [0.15, 0.2) is 29.4 Å². The predicted molar refractivity (Wildman–Crippen MR) is 65.4 cm³/mol. The van der Waals surface area contributed by atoms with Gasteiger partial charge in [0.25, 0.3) is 0 Å². The molecule has 1 aromatic rings. The van der Waals surface area contributed by atoms with Crippen molar-refractivity contribution >= 4 is 34.2 Å². The first kappa shape index (κ1) is 13.2. The predicted octanol–water partition coefficient (Wildman–Crippen LogP) is 2.03. The Hall–Kier alpha value is -1.88. The van der Waals surface area contributed by atoms with Crippen LogP contribution in [0, 0.1) is 0 Å². The van der Waals surface area contributed by atoms with E-state index in [1.54, 1.807) is 24.3 Å². The molecule has 0 saturated carbocycles. The molecule has 17 heavy (non-hydrogen) atoms. The number of nitrogens with one attached hydrogen (secondary N) is 1. The van der Waals surface area contributed by atoms with Crippen molar-refractivity contribution in [2.45, 2.75) is 6.92 Å². The van der Waals surface area contributed by atoms with Crippen molar-refractivity contribution in [3.8, 4) is 0 Å². The largest absolute Gasteiger partial charge is 0.465 e. The second-order valence-electron chi connectivity index (χ2n) is 3.11. The normalized spacial score (nSPS) is 10.9. The van der Waals surface area contributed by atoms with Crippen LogP contribution in [0.25, 0.3) is 0 Å². The number of ketones is 1. The number of Topliss-reactive ketones (excluding diaryl/α,β-unsaturated/α-hetero) is 1. The minimum atomic E-state index is -0.498. The van der Waals surface area contributed by atoms with E-state index in [-0.39, 0.29) is 11.0 Å². The Balaban J connectivity index is 2.95. The number of hydrogen-bond donors (Lipinski definition) is 1. The molecular formula is C11H11ClN2O3. The van der Waals surface area contributed by atoms with Crippen LogP contribution < -0.4 is 5.43 Å². The minimum Gasteiger partial charge on any atom is -0.465 e. The SMILES string of the molecule is COC(=O)c1ccccc1NN=C(Cl)C(C)=O. The second kappa shape index (κ2) is 6.00. The van der Waals surface area contributed by atoms with Gasteiger partial charge in [-0.3, -0.25) is 10.2 Å². The van der Waals surface area contributed by atoms with Gasteiger partial charge in [-0.2, -0.15) is 5.10 Å². The van der Waals surface area contributed by atoms with Gasteiger partial charge in [-0.15, -0.1) is 0 Å². The van der Waals surface area contributed by atoms with Gasteiger partial charge in [-0.1, -0.05) is 23.7 Å². The van der Waals surface area contributed by atoms with Crippen LogP contribution in [0.1, 0.15) is 17.3 Å². The van der Waals surface area contributed by atoms with E-state index in [1.807, 2.05) is 0 Å². The van der Waals surface area contributed by atoms with E-state index in [0.29, 0.717) is 11.3 Å². The van der Waals surface area contributed by atoms with Gasteiger partial charge in [0.1, 0.15) is 0 Å². The average Bonchev–Trinajstić information content (AvgIpc) is 2.35. The maximum absolute atomic E-state index is 11.4. The quantitative estimate of drug-likeness (QED) is 0.507. The van der Waals surface area contributed by atoms with Crippen molar-refractivity contribution in [1.29, 1.82) is 0 Å². The molecule has 0 aliphatic carbocycles. The van der Waals surface area contributed by atoms with Gasteiger partial charge in [0.05, 0.1) is 18.4 Å². The van der Waals surface area contributed by atoms with Crippen LogP contribution >= 0.6 is 11.6 Å². The third kappa shape index (κ3) is 3.57. The second-order valence-corrected chi connectivity index (χ2v) is 3.47. The minimum absolute atomic E-state index is 0.190. The van der Waals surface area contributed by atoms with Crippen molar-refractivity contribution in [3.05, 3.63) is 29.8 Å². The first-order chi connectivity index (χ1) is 8.06. The van der Waals surface area contributed by atoms with E-state index < -0.39 is 5.97 Å². The Labute approximate surface area is 103 Å². The van der Waals surface area contributed by atoms with E-state index in [4.69, 9.17) is 11.6 Å². The van der Waals surface area contributed by atoms with E-state index in [1.165, 1.54) is 14.0 Å². The van der Waals surface area contributed by atoms with Gasteiger partial charge in [0.2, 0.25) is 0 Å². The zero-order valence-electron chi connectivity index (χ0n) is 9.36. The Bertz CT molecular complexity index is 472. The fraction of sp³-hybridized carbons (Fsp3) is 0.182. The summed E-state index contributed by atoms with van der Waals surface area (Å²) in [5.74, 6) is -0.864. The van der Waals surface area contributed by atoms with Gasteiger partial charge < -0.3 is 4.74 Å². The molecule has 5 nitrogen and oxygen atoms in total. The summed E-state index contributed by atoms with van der Waals surface area (Å²) in [6.07, 6.45) is 0. The Morgan fingerprint density at radius 3 is 2.59 bits per heavy atom. The van der Waals surface area contributed by atoms with Crippen molar-refractivity contribution in [2.75, 3.05) is 12.5 Å². The number of methoxy groups -OCH3 is 1. The van der Waals surface area contributed by atoms with E-state index in [9.17, 15) is 9.59 Å². The lowest BCUT2D eigenvalue weighted by molar-refractivity contribution is -0.110. The molecule has 0 amide bonds. The average molecular weight is 255 g/mol. The number of ether oxygens (including phenoxy) is 1. The lowest BCUT2D eigenvalue weighted by atomic mass is 10.2. The first-order valence-corrected chi connectivity index (χ1v) is 5.11. The van der Waals surface area contributed by atoms with Gasteiger partial charge in [0, 0.05) is 6.92 Å². The van der Waals surface area contributed by atoms with Crippen molar-refractivity contribution in [1.82, 2.24) is 0 Å². The zero-order valence-corrected chi connectivity index (χ0v) is 10.1. The van der Waals surface area contributed by atoms with Gasteiger partial charge >= 0.3 is 5.97 Å². The molecule has 0 spiro atoms. The summed E-state index contributed by atoms with van der Waals surface area (Å²) in [7, 11) is 1.28. The smallest absolute Gasteiger partial charge is 0.340 e. The molecule has 0 unspecified atom stereocenters. The molecule has 0 aliphatic heterocycles. The molecule has 0 heterocycles. The highest BCUT2D eigenvalue weighted by Crippen LogP contribution is 2.16. The summed E-state index contributed by atoms with van der Waals surface area (Å²) < 4.78 is 4.60. The summed E-state index contributed by atoms with van der Waals surface area (Å²) in [5.41, 5.74) is 3.27. The topological polar surface area (TPSA) is 67.8 Å². The number of anilines is 1. The molecule has 0 saturated heterocycles. The molecule has 6 heteroatoms. The number of carbonyl (C=O) groups is 2. The van der Waals surface area contributed by atoms with E-state index in [2.05, 4.69) is 15.3 Å². The van der Waals surface area contributed by atoms with Gasteiger partial charge in [0.15, 0.2) is 11.0 Å². The molecule has 90 valence electrons. The van der Waals surface area contributed by atoms with Gasteiger partial charge in [-0.25, -0.2) is 4.79 Å². The molecule has 0 radical (unpaired) electrons. The Morgan fingerprint density at radius 2 is 2.00 bits per heavy atom. The Kier molecular flexibility index (Phi) is 4.66. The molecule has 0 aliphatic rings. The summed E-state index contributed by atoms with van der Waals surface area (Å²) in [5, 5.41) is 3.46. The molecule has 0 atom stereocenters. The van der Waals surface area contributed by atoms with Crippen LogP contribution in [0.3, 0.4) is 0 Å². The number of esters is 1. The summed E-state index contributed by atoms with van der Waals surface area (Å²) in [6, 6.07) is 6.60. The number of halogens is 1. The lowest BCUT2D eigenvalue weighted by Crippen LogP contribution is -2.08. The fourth-order valence-corrected chi connectivity index (χ4v) is 1.10. The number of nitrogens with zero attached hydrogens (tertiary/aromatic N) is 1.